The lowest BCUT2D eigenvalue weighted by molar-refractivity contribution is -0.123. The molecule has 1 aromatic carbocycles. The molecule has 1 aromatic rings. The number of nitrogens with one attached hydrogen (secondary N) is 5. The molecule has 0 radical (unpaired) electrons. The maximum atomic E-state index is 14.4. The zero-order chi connectivity index (χ0) is 33.9. The quantitative estimate of drug-likeness (QED) is 0.129. The number of ether oxygens (including phenoxy) is 1. The predicted molar refractivity (Wildman–Crippen MR) is 173 cm³/mol. The summed E-state index contributed by atoms with van der Waals surface area (Å²) in [6.07, 6.45) is 1.53. The fraction of sp³-hybridized carbons (Fsp3) is 0.697. The van der Waals surface area contributed by atoms with Crippen molar-refractivity contribution >= 4 is 17.6 Å². The van der Waals surface area contributed by atoms with Crippen LogP contribution in [0.3, 0.4) is 0 Å². The summed E-state index contributed by atoms with van der Waals surface area (Å²) < 4.78 is 48.9. The molecule has 2 aliphatic carbocycles. The Labute approximate surface area is 270 Å². The summed E-state index contributed by atoms with van der Waals surface area (Å²) in [5.74, 6) is -3.42. The molecule has 0 spiro atoms. The molecule has 10 nitrogen and oxygen atoms in total. The van der Waals surface area contributed by atoms with Crippen LogP contribution in [0.25, 0.3) is 0 Å². The van der Waals surface area contributed by atoms with Crippen LogP contribution in [-0.2, 0) is 4.79 Å². The van der Waals surface area contributed by atoms with E-state index in [0.29, 0.717) is 49.5 Å². The number of carbonyl (C=O) groups is 2. The zero-order valence-corrected chi connectivity index (χ0v) is 27.3. The fourth-order valence-electron chi connectivity index (χ4n) is 6.35. The molecular formula is C33H53F3N6O4. The van der Waals surface area contributed by atoms with Crippen molar-refractivity contribution < 1.29 is 32.6 Å². The SMILES string of the molecule is C=C(N)NCCCCC(=O)NC1CC(C(C)F)CC(NC(=O)Nc2ccc(OC3CC(NCCC)CC(C(C)(F)F)C3)cc2)C1O. The standard InChI is InChI=1S/C33H53F3N6O4/c1-5-13-39-25-17-23(33(4,35)36)18-27(19-25)46-26-11-9-24(10-12-26)40-32(45)42-29-16-22(20(2)34)15-28(31(29)44)41-30(43)8-6-7-14-38-21(3)37/h9-12,20,22-23,25,27-29,31,38-39,44H,3,5-8,13-19,37H2,1-2,4H3,(H,41,43)(H2,40,42,45). The maximum absolute atomic E-state index is 14.4. The summed E-state index contributed by atoms with van der Waals surface area (Å²) in [4.78, 5) is 25.4. The van der Waals surface area contributed by atoms with Gasteiger partial charge in [0.15, 0.2) is 0 Å². The highest BCUT2D eigenvalue weighted by Gasteiger charge is 2.42. The van der Waals surface area contributed by atoms with E-state index in [0.717, 1.165) is 19.9 Å². The van der Waals surface area contributed by atoms with E-state index in [1.54, 1.807) is 24.3 Å². The molecule has 260 valence electrons. The van der Waals surface area contributed by atoms with Crippen LogP contribution in [0.1, 0.15) is 78.6 Å². The van der Waals surface area contributed by atoms with Gasteiger partial charge in [0.1, 0.15) is 18.0 Å². The van der Waals surface area contributed by atoms with Gasteiger partial charge in [0, 0.05) is 30.6 Å². The Morgan fingerprint density at radius 1 is 1.07 bits per heavy atom. The van der Waals surface area contributed by atoms with Gasteiger partial charge in [-0.1, -0.05) is 13.5 Å². The Hall–Kier alpha value is -3.19. The minimum absolute atomic E-state index is 0.0487. The number of unbranched alkanes of at least 4 members (excludes halogenated alkanes) is 1. The van der Waals surface area contributed by atoms with Crippen LogP contribution in [0.5, 0.6) is 5.75 Å². The molecule has 13 heteroatoms. The fourth-order valence-corrected chi connectivity index (χ4v) is 6.35. The summed E-state index contributed by atoms with van der Waals surface area (Å²) >= 11 is 0. The zero-order valence-electron chi connectivity index (χ0n) is 27.3. The van der Waals surface area contributed by atoms with Crippen LogP contribution in [-0.4, -0.2) is 72.6 Å². The molecule has 3 amide bonds. The molecule has 8 unspecified atom stereocenters. The van der Waals surface area contributed by atoms with Crippen LogP contribution in [0, 0.1) is 11.8 Å². The van der Waals surface area contributed by atoms with Crippen LogP contribution in [0.15, 0.2) is 36.7 Å². The number of amides is 3. The van der Waals surface area contributed by atoms with Crippen LogP contribution in [0.2, 0.25) is 0 Å². The van der Waals surface area contributed by atoms with E-state index in [9.17, 15) is 27.9 Å². The van der Waals surface area contributed by atoms with Gasteiger partial charge in [0.05, 0.1) is 24.0 Å². The number of rotatable bonds is 16. The van der Waals surface area contributed by atoms with Crippen molar-refractivity contribution in [3.05, 3.63) is 36.7 Å². The molecule has 2 saturated carbocycles. The smallest absolute Gasteiger partial charge is 0.319 e. The molecule has 0 saturated heterocycles. The first-order valence-corrected chi connectivity index (χ1v) is 16.5. The Morgan fingerprint density at radius 2 is 1.74 bits per heavy atom. The van der Waals surface area contributed by atoms with Gasteiger partial charge in [-0.2, -0.15) is 0 Å². The molecule has 8 N–H and O–H groups in total. The van der Waals surface area contributed by atoms with Gasteiger partial charge < -0.3 is 42.2 Å². The molecule has 3 rings (SSSR count). The minimum atomic E-state index is -2.80. The van der Waals surface area contributed by atoms with E-state index in [1.807, 2.05) is 6.92 Å². The number of benzene rings is 1. The average Bonchev–Trinajstić information content (AvgIpc) is 2.98. The van der Waals surface area contributed by atoms with Gasteiger partial charge in [-0.05, 0) is 102 Å². The highest BCUT2D eigenvalue weighted by Crippen LogP contribution is 2.38. The van der Waals surface area contributed by atoms with Crippen molar-refractivity contribution in [1.29, 1.82) is 0 Å². The van der Waals surface area contributed by atoms with E-state index in [1.165, 1.54) is 6.92 Å². The van der Waals surface area contributed by atoms with E-state index in [4.69, 9.17) is 10.5 Å². The van der Waals surface area contributed by atoms with E-state index in [-0.39, 0.29) is 43.7 Å². The van der Waals surface area contributed by atoms with Gasteiger partial charge in [0.2, 0.25) is 11.8 Å². The molecule has 0 heterocycles. The number of hydrogen-bond donors (Lipinski definition) is 7. The Balaban J connectivity index is 1.53. The van der Waals surface area contributed by atoms with Crippen molar-refractivity contribution in [1.82, 2.24) is 21.3 Å². The second-order valence-electron chi connectivity index (χ2n) is 13.0. The van der Waals surface area contributed by atoms with Gasteiger partial charge in [0.25, 0.3) is 0 Å². The van der Waals surface area contributed by atoms with Gasteiger partial charge >= 0.3 is 6.03 Å². The molecule has 0 bridgehead atoms. The summed E-state index contributed by atoms with van der Waals surface area (Å²) in [5, 5.41) is 25.5. The highest BCUT2D eigenvalue weighted by atomic mass is 19.3. The number of aliphatic hydroxyl groups is 1. The topological polar surface area (TPSA) is 150 Å². The second-order valence-corrected chi connectivity index (χ2v) is 13.0. The maximum Gasteiger partial charge on any atom is 0.319 e. The molecular weight excluding hydrogens is 601 g/mol. The average molecular weight is 655 g/mol. The summed E-state index contributed by atoms with van der Waals surface area (Å²) in [6.45, 7) is 9.33. The molecule has 46 heavy (non-hydrogen) atoms. The van der Waals surface area contributed by atoms with Crippen molar-refractivity contribution in [3.8, 4) is 5.75 Å². The van der Waals surface area contributed by atoms with Crippen LogP contribution >= 0.6 is 0 Å². The number of alkyl halides is 3. The number of carbonyl (C=O) groups excluding carboxylic acids is 2. The summed E-state index contributed by atoms with van der Waals surface area (Å²) in [7, 11) is 0. The molecule has 0 aliphatic heterocycles. The van der Waals surface area contributed by atoms with Crippen molar-refractivity contribution in [2.45, 2.75) is 121 Å². The Kier molecular flexibility index (Phi) is 14.3. The lowest BCUT2D eigenvalue weighted by atomic mass is 9.78. The first kappa shape index (κ1) is 37.3. The molecule has 2 aliphatic rings. The number of halogens is 3. The number of aliphatic hydroxyl groups excluding tert-OH is 1. The highest BCUT2D eigenvalue weighted by molar-refractivity contribution is 5.89. The number of anilines is 1. The van der Waals surface area contributed by atoms with Crippen molar-refractivity contribution in [2.24, 2.45) is 17.6 Å². The normalized spacial score (nSPS) is 27.2. The second kappa shape index (κ2) is 17.7. The van der Waals surface area contributed by atoms with E-state index >= 15 is 0 Å². The monoisotopic (exact) mass is 654 g/mol. The predicted octanol–water partition coefficient (Wildman–Crippen LogP) is 4.55. The van der Waals surface area contributed by atoms with Crippen LogP contribution in [0.4, 0.5) is 23.7 Å². The number of nitrogens with two attached hydrogens (primary N) is 1. The lowest BCUT2D eigenvalue weighted by Crippen LogP contribution is -2.59. The third kappa shape index (κ3) is 12.2. The lowest BCUT2D eigenvalue weighted by Gasteiger charge is -2.40. The minimum Gasteiger partial charge on any atom is -0.490 e. The van der Waals surface area contributed by atoms with Gasteiger partial charge in [-0.25, -0.2) is 18.0 Å². The van der Waals surface area contributed by atoms with E-state index in [2.05, 4.69) is 33.2 Å². The Morgan fingerprint density at radius 3 is 2.35 bits per heavy atom. The van der Waals surface area contributed by atoms with Crippen molar-refractivity contribution in [3.63, 3.8) is 0 Å². The Bertz CT molecular complexity index is 1120. The summed E-state index contributed by atoms with van der Waals surface area (Å²) in [5.41, 5.74) is 5.92. The first-order chi connectivity index (χ1) is 21.7. The molecule has 8 atom stereocenters. The first-order valence-electron chi connectivity index (χ1n) is 16.5. The van der Waals surface area contributed by atoms with Gasteiger partial charge in [-0.15, -0.1) is 0 Å². The van der Waals surface area contributed by atoms with Crippen molar-refractivity contribution in [2.75, 3.05) is 18.4 Å². The largest absolute Gasteiger partial charge is 0.490 e. The summed E-state index contributed by atoms with van der Waals surface area (Å²) in [6, 6.07) is 4.49. The van der Waals surface area contributed by atoms with E-state index < -0.39 is 48.1 Å². The third-order valence-electron chi connectivity index (χ3n) is 8.91. The molecule has 2 fully saturated rings. The van der Waals surface area contributed by atoms with Gasteiger partial charge in [-0.3, -0.25) is 4.79 Å². The number of hydrogen-bond acceptors (Lipinski definition) is 7. The van der Waals surface area contributed by atoms with Crippen LogP contribution < -0.4 is 37.1 Å². The molecule has 0 aromatic heterocycles. The third-order valence-corrected chi connectivity index (χ3v) is 8.91. The number of urea groups is 1.